The Hall–Kier alpha value is -2.99. The molecule has 0 spiro atoms. The lowest BCUT2D eigenvalue weighted by molar-refractivity contribution is 0.0768. The first kappa shape index (κ1) is 19.3. The van der Waals surface area contributed by atoms with Gasteiger partial charge in [-0.05, 0) is 42.8 Å². The van der Waals surface area contributed by atoms with Crippen LogP contribution in [0.4, 0.5) is 5.69 Å². The summed E-state index contributed by atoms with van der Waals surface area (Å²) in [4.78, 5) is 17.4. The number of aromatic amines is 1. The maximum atomic E-state index is 13.2. The third-order valence-corrected chi connectivity index (χ3v) is 5.48. The van der Waals surface area contributed by atoms with Crippen molar-refractivity contribution in [1.82, 2.24) is 15.1 Å². The zero-order valence-electron chi connectivity index (χ0n) is 16.3. The van der Waals surface area contributed by atoms with Crippen LogP contribution in [-0.2, 0) is 0 Å². The van der Waals surface area contributed by atoms with Crippen molar-refractivity contribution in [3.8, 4) is 17.0 Å². The summed E-state index contributed by atoms with van der Waals surface area (Å²) < 4.78 is 5.24. The largest absolute Gasteiger partial charge is 0.497 e. The van der Waals surface area contributed by atoms with Gasteiger partial charge in [-0.3, -0.25) is 9.89 Å². The molecule has 4 rings (SSSR count). The molecule has 0 radical (unpaired) electrons. The van der Waals surface area contributed by atoms with E-state index in [1.54, 1.807) is 13.3 Å². The van der Waals surface area contributed by atoms with Crippen molar-refractivity contribution in [2.75, 3.05) is 38.2 Å². The maximum absolute atomic E-state index is 13.2. The fourth-order valence-corrected chi connectivity index (χ4v) is 3.75. The molecule has 0 bridgehead atoms. The van der Waals surface area contributed by atoms with Gasteiger partial charge in [0.25, 0.3) is 5.91 Å². The van der Waals surface area contributed by atoms with Gasteiger partial charge in [0.1, 0.15) is 5.75 Å². The van der Waals surface area contributed by atoms with Crippen LogP contribution in [0.1, 0.15) is 16.8 Å². The molecule has 150 valence electrons. The number of nitrogens with one attached hydrogen (secondary N) is 1. The van der Waals surface area contributed by atoms with E-state index in [1.807, 2.05) is 41.3 Å². The Bertz CT molecular complexity index is 969. The summed E-state index contributed by atoms with van der Waals surface area (Å²) in [6.07, 6.45) is 2.52. The second-order valence-electron chi connectivity index (χ2n) is 7.00. The molecule has 0 unspecified atom stereocenters. The number of benzene rings is 2. The zero-order valence-corrected chi connectivity index (χ0v) is 17.0. The van der Waals surface area contributed by atoms with Gasteiger partial charge in [-0.15, -0.1) is 0 Å². The molecule has 1 saturated heterocycles. The number of carbonyl (C=O) groups excluding carboxylic acids is 1. The van der Waals surface area contributed by atoms with Gasteiger partial charge in [0.15, 0.2) is 0 Å². The number of nitrogens with zero attached hydrogens (tertiary/aromatic N) is 3. The van der Waals surface area contributed by atoms with E-state index >= 15 is 0 Å². The van der Waals surface area contributed by atoms with E-state index in [1.165, 1.54) is 0 Å². The lowest BCUT2D eigenvalue weighted by Crippen LogP contribution is -2.35. The minimum atomic E-state index is 0.000260. The highest BCUT2D eigenvalue weighted by Crippen LogP contribution is 2.25. The van der Waals surface area contributed by atoms with Crippen LogP contribution in [0.25, 0.3) is 11.3 Å². The number of halogens is 1. The quantitative estimate of drug-likeness (QED) is 0.703. The molecule has 2 aromatic carbocycles. The van der Waals surface area contributed by atoms with Crippen LogP contribution in [0, 0.1) is 0 Å². The molecule has 1 aliphatic heterocycles. The number of carbonyl (C=O) groups is 1. The van der Waals surface area contributed by atoms with Crippen molar-refractivity contribution >= 4 is 23.2 Å². The Labute approximate surface area is 175 Å². The zero-order chi connectivity index (χ0) is 20.2. The van der Waals surface area contributed by atoms with Crippen LogP contribution in [0.15, 0.2) is 54.7 Å². The molecular weight excluding hydrogens is 388 g/mol. The number of H-pyrrole nitrogens is 1. The highest BCUT2D eigenvalue weighted by atomic mass is 35.5. The van der Waals surface area contributed by atoms with Crippen LogP contribution in [0.5, 0.6) is 5.75 Å². The molecule has 7 heteroatoms. The number of methoxy groups -OCH3 is 1. The minimum absolute atomic E-state index is 0.000260. The van der Waals surface area contributed by atoms with Crippen LogP contribution in [0.3, 0.4) is 0 Å². The number of ether oxygens (including phenoxy) is 1. The number of hydrogen-bond donors (Lipinski definition) is 1. The topological polar surface area (TPSA) is 61.5 Å². The summed E-state index contributed by atoms with van der Waals surface area (Å²) in [5.74, 6) is 0.843. The minimum Gasteiger partial charge on any atom is -0.497 e. The molecule has 1 N–H and O–H groups in total. The molecule has 0 atom stereocenters. The van der Waals surface area contributed by atoms with Crippen molar-refractivity contribution < 1.29 is 9.53 Å². The summed E-state index contributed by atoms with van der Waals surface area (Å²) in [5, 5.41) is 7.73. The van der Waals surface area contributed by atoms with Crippen LogP contribution in [0.2, 0.25) is 5.02 Å². The van der Waals surface area contributed by atoms with E-state index in [9.17, 15) is 4.79 Å². The molecule has 3 aromatic rings. The SMILES string of the molecule is COc1ccc(N2CCCN(C(=O)c3cn[nH]c3-c3ccc(Cl)cc3)CC2)cc1. The lowest BCUT2D eigenvalue weighted by Gasteiger charge is -2.24. The lowest BCUT2D eigenvalue weighted by atomic mass is 10.1. The fraction of sp³-hybridized carbons (Fsp3) is 0.273. The Balaban J connectivity index is 1.48. The van der Waals surface area contributed by atoms with Crippen LogP contribution >= 0.6 is 11.6 Å². The molecule has 29 heavy (non-hydrogen) atoms. The van der Waals surface area contributed by atoms with Gasteiger partial charge >= 0.3 is 0 Å². The van der Waals surface area contributed by atoms with Crippen molar-refractivity contribution in [2.45, 2.75) is 6.42 Å². The number of aromatic nitrogens is 2. The Kier molecular flexibility index (Phi) is 5.71. The molecule has 6 nitrogen and oxygen atoms in total. The van der Waals surface area contributed by atoms with E-state index in [-0.39, 0.29) is 5.91 Å². The van der Waals surface area contributed by atoms with Gasteiger partial charge in [-0.1, -0.05) is 23.7 Å². The fourth-order valence-electron chi connectivity index (χ4n) is 3.63. The Morgan fingerprint density at radius 2 is 1.79 bits per heavy atom. The van der Waals surface area contributed by atoms with Crippen molar-refractivity contribution in [1.29, 1.82) is 0 Å². The summed E-state index contributed by atoms with van der Waals surface area (Å²) >= 11 is 5.98. The van der Waals surface area contributed by atoms with Gasteiger partial charge in [-0.25, -0.2) is 0 Å². The number of anilines is 1. The van der Waals surface area contributed by atoms with Gasteiger partial charge in [0.2, 0.25) is 0 Å². The summed E-state index contributed by atoms with van der Waals surface area (Å²) in [5.41, 5.74) is 3.35. The van der Waals surface area contributed by atoms with Crippen molar-refractivity contribution in [3.05, 3.63) is 65.3 Å². The molecule has 0 aliphatic carbocycles. The third-order valence-electron chi connectivity index (χ3n) is 5.22. The summed E-state index contributed by atoms with van der Waals surface area (Å²) in [7, 11) is 1.67. The standard InChI is InChI=1S/C22H23ClN4O2/c1-29-19-9-7-18(8-10-19)26-11-2-12-27(14-13-26)22(28)20-15-24-25-21(20)16-3-5-17(23)6-4-16/h3-10,15H,2,11-14H2,1H3,(H,24,25). The van der Waals surface area contributed by atoms with Gasteiger partial charge in [-0.2, -0.15) is 5.10 Å². The van der Waals surface area contributed by atoms with E-state index < -0.39 is 0 Å². The third kappa shape index (κ3) is 4.22. The Morgan fingerprint density at radius 3 is 2.52 bits per heavy atom. The molecule has 1 fully saturated rings. The average Bonchev–Trinajstić information content (AvgIpc) is 3.11. The van der Waals surface area contributed by atoms with Crippen LogP contribution in [-0.4, -0.2) is 54.3 Å². The number of hydrogen-bond acceptors (Lipinski definition) is 4. The molecule has 1 aliphatic rings. The van der Waals surface area contributed by atoms with Gasteiger partial charge in [0.05, 0.1) is 24.6 Å². The first-order valence-corrected chi connectivity index (χ1v) is 10.0. The van der Waals surface area contributed by atoms with Crippen molar-refractivity contribution in [3.63, 3.8) is 0 Å². The normalized spacial score (nSPS) is 14.6. The molecule has 1 amide bonds. The molecular formula is C22H23ClN4O2. The monoisotopic (exact) mass is 410 g/mol. The molecule has 2 heterocycles. The highest BCUT2D eigenvalue weighted by molar-refractivity contribution is 6.30. The van der Waals surface area contributed by atoms with Gasteiger partial charge < -0.3 is 14.5 Å². The first-order valence-electron chi connectivity index (χ1n) is 9.63. The average molecular weight is 411 g/mol. The Morgan fingerprint density at radius 1 is 1.03 bits per heavy atom. The summed E-state index contributed by atoms with van der Waals surface area (Å²) in [6, 6.07) is 15.5. The second kappa shape index (κ2) is 8.57. The van der Waals surface area contributed by atoms with Crippen LogP contribution < -0.4 is 9.64 Å². The predicted octanol–water partition coefficient (Wildman–Crippen LogP) is 4.09. The summed E-state index contributed by atoms with van der Waals surface area (Å²) in [6.45, 7) is 3.07. The smallest absolute Gasteiger partial charge is 0.257 e. The van der Waals surface area contributed by atoms with E-state index in [2.05, 4.69) is 27.2 Å². The first-order chi connectivity index (χ1) is 14.2. The van der Waals surface area contributed by atoms with Crippen molar-refractivity contribution in [2.24, 2.45) is 0 Å². The number of rotatable bonds is 4. The van der Waals surface area contributed by atoms with E-state index in [0.717, 1.165) is 48.7 Å². The predicted molar refractivity (Wildman–Crippen MR) is 115 cm³/mol. The second-order valence-corrected chi connectivity index (χ2v) is 7.43. The highest BCUT2D eigenvalue weighted by Gasteiger charge is 2.24. The molecule has 1 aromatic heterocycles. The maximum Gasteiger partial charge on any atom is 0.257 e. The van der Waals surface area contributed by atoms with Gasteiger partial charge in [0, 0.05) is 42.5 Å². The number of amides is 1. The van der Waals surface area contributed by atoms with E-state index in [4.69, 9.17) is 16.3 Å². The molecule has 0 saturated carbocycles. The van der Waals surface area contributed by atoms with E-state index in [0.29, 0.717) is 17.1 Å².